The Kier molecular flexibility index (Phi) is 5.32. The number of amides is 1. The van der Waals surface area contributed by atoms with Gasteiger partial charge in [-0.3, -0.25) is 9.48 Å². The molecular formula is C15H16F3N3O3. The van der Waals surface area contributed by atoms with E-state index in [1.807, 2.05) is 0 Å². The van der Waals surface area contributed by atoms with E-state index in [0.717, 1.165) is 18.0 Å². The van der Waals surface area contributed by atoms with E-state index in [4.69, 9.17) is 9.47 Å². The lowest BCUT2D eigenvalue weighted by molar-refractivity contribution is -0.142. The summed E-state index contributed by atoms with van der Waals surface area (Å²) in [7, 11) is 3.01. The third-order valence-electron chi connectivity index (χ3n) is 3.14. The molecule has 0 spiro atoms. The molecule has 0 bridgehead atoms. The quantitative estimate of drug-likeness (QED) is 0.875. The van der Waals surface area contributed by atoms with E-state index in [1.165, 1.54) is 14.2 Å². The summed E-state index contributed by atoms with van der Waals surface area (Å²) in [6, 6.07) is 5.14. The standard InChI is InChI=1S/C15H16F3N3O3/c1-23-12-4-3-10(5-13(12)24-2)6-19-14(22)11-7-20-21(8-11)9-15(16,17)18/h3-5,7-8H,6,9H2,1-2H3,(H,19,22). The number of nitrogens with one attached hydrogen (secondary N) is 1. The SMILES string of the molecule is COc1ccc(CNC(=O)c2cnn(CC(F)(F)F)c2)cc1OC. The fourth-order valence-electron chi connectivity index (χ4n) is 2.03. The number of hydrogen-bond acceptors (Lipinski definition) is 4. The molecule has 0 aliphatic heterocycles. The van der Waals surface area contributed by atoms with Crippen molar-refractivity contribution in [3.63, 3.8) is 0 Å². The predicted octanol–water partition coefficient (Wildman–Crippen LogP) is 2.39. The van der Waals surface area contributed by atoms with Crippen LogP contribution in [0.4, 0.5) is 13.2 Å². The van der Waals surface area contributed by atoms with Gasteiger partial charge in [0.05, 0.1) is 26.0 Å². The number of carbonyl (C=O) groups is 1. The van der Waals surface area contributed by atoms with Crippen LogP contribution in [0.5, 0.6) is 11.5 Å². The van der Waals surface area contributed by atoms with E-state index in [-0.39, 0.29) is 12.1 Å². The third-order valence-corrected chi connectivity index (χ3v) is 3.14. The number of aromatic nitrogens is 2. The first-order chi connectivity index (χ1) is 11.3. The molecule has 1 amide bonds. The van der Waals surface area contributed by atoms with Crippen molar-refractivity contribution in [2.24, 2.45) is 0 Å². The fraction of sp³-hybridized carbons (Fsp3) is 0.333. The Morgan fingerprint density at radius 3 is 2.58 bits per heavy atom. The minimum absolute atomic E-state index is 0.0553. The highest BCUT2D eigenvalue weighted by Gasteiger charge is 2.28. The first-order valence-electron chi connectivity index (χ1n) is 6.90. The summed E-state index contributed by atoms with van der Waals surface area (Å²) in [5, 5.41) is 6.14. The van der Waals surface area contributed by atoms with Crippen LogP contribution in [0.25, 0.3) is 0 Å². The third kappa shape index (κ3) is 4.64. The van der Waals surface area contributed by atoms with Crippen molar-refractivity contribution in [2.75, 3.05) is 14.2 Å². The number of carbonyl (C=O) groups excluding carboxylic acids is 1. The van der Waals surface area contributed by atoms with Gasteiger partial charge in [0.15, 0.2) is 11.5 Å². The maximum Gasteiger partial charge on any atom is 0.408 e. The fourth-order valence-corrected chi connectivity index (χ4v) is 2.03. The lowest BCUT2D eigenvalue weighted by Gasteiger charge is -2.10. The van der Waals surface area contributed by atoms with Crippen LogP contribution < -0.4 is 14.8 Å². The molecular weight excluding hydrogens is 327 g/mol. The molecule has 2 rings (SSSR count). The van der Waals surface area contributed by atoms with Gasteiger partial charge in [-0.1, -0.05) is 6.07 Å². The number of ether oxygens (including phenoxy) is 2. The molecule has 1 heterocycles. The average molecular weight is 343 g/mol. The minimum Gasteiger partial charge on any atom is -0.493 e. The summed E-state index contributed by atoms with van der Waals surface area (Å²) in [4.78, 5) is 12.0. The predicted molar refractivity (Wildman–Crippen MR) is 79.0 cm³/mol. The Labute approximate surface area is 136 Å². The number of alkyl halides is 3. The van der Waals surface area contributed by atoms with Gasteiger partial charge in [-0.2, -0.15) is 18.3 Å². The van der Waals surface area contributed by atoms with Crippen LogP contribution in [-0.2, 0) is 13.1 Å². The summed E-state index contributed by atoms with van der Waals surface area (Å²) < 4.78 is 47.8. The van der Waals surface area contributed by atoms with Gasteiger partial charge in [-0.25, -0.2) is 0 Å². The lowest BCUT2D eigenvalue weighted by atomic mass is 10.2. The van der Waals surface area contributed by atoms with E-state index in [1.54, 1.807) is 18.2 Å². The maximum absolute atomic E-state index is 12.3. The molecule has 9 heteroatoms. The zero-order chi connectivity index (χ0) is 17.7. The van der Waals surface area contributed by atoms with Crippen molar-refractivity contribution in [3.8, 4) is 11.5 Å². The Hall–Kier alpha value is -2.71. The van der Waals surface area contributed by atoms with Crippen LogP contribution in [0.2, 0.25) is 0 Å². The summed E-state index contributed by atoms with van der Waals surface area (Å²) in [5.74, 6) is 0.557. The number of rotatable bonds is 6. The van der Waals surface area contributed by atoms with Gasteiger partial charge in [-0.15, -0.1) is 0 Å². The van der Waals surface area contributed by atoms with Gasteiger partial charge in [0.25, 0.3) is 5.91 Å². The second-order valence-corrected chi connectivity index (χ2v) is 4.91. The maximum atomic E-state index is 12.3. The van der Waals surface area contributed by atoms with Gasteiger partial charge >= 0.3 is 6.18 Å². The number of halogens is 3. The highest BCUT2D eigenvalue weighted by atomic mass is 19.4. The summed E-state index contributed by atoms with van der Waals surface area (Å²) in [5.41, 5.74) is 0.809. The lowest BCUT2D eigenvalue weighted by Crippen LogP contribution is -2.22. The molecule has 24 heavy (non-hydrogen) atoms. The van der Waals surface area contributed by atoms with Crippen molar-refractivity contribution in [2.45, 2.75) is 19.3 Å². The monoisotopic (exact) mass is 343 g/mol. The van der Waals surface area contributed by atoms with E-state index < -0.39 is 18.6 Å². The van der Waals surface area contributed by atoms with Crippen molar-refractivity contribution < 1.29 is 27.4 Å². The van der Waals surface area contributed by atoms with Crippen LogP contribution in [0, 0.1) is 0 Å². The molecule has 0 atom stereocenters. The zero-order valence-electron chi connectivity index (χ0n) is 13.1. The summed E-state index contributed by atoms with van der Waals surface area (Å²) >= 11 is 0. The molecule has 0 fully saturated rings. The normalized spacial score (nSPS) is 11.2. The van der Waals surface area contributed by atoms with Gasteiger partial charge in [0, 0.05) is 12.7 Å². The molecule has 0 radical (unpaired) electrons. The molecule has 6 nitrogen and oxygen atoms in total. The van der Waals surface area contributed by atoms with E-state index in [0.29, 0.717) is 16.2 Å². The topological polar surface area (TPSA) is 65.4 Å². The number of hydrogen-bond donors (Lipinski definition) is 1. The molecule has 1 N–H and O–H groups in total. The Morgan fingerprint density at radius 2 is 1.96 bits per heavy atom. The number of benzene rings is 1. The van der Waals surface area contributed by atoms with Gasteiger partial charge in [0.1, 0.15) is 6.54 Å². The number of methoxy groups -OCH3 is 2. The van der Waals surface area contributed by atoms with Crippen LogP contribution >= 0.6 is 0 Å². The minimum atomic E-state index is -4.39. The number of nitrogens with zero attached hydrogens (tertiary/aromatic N) is 2. The molecule has 0 aliphatic carbocycles. The summed E-state index contributed by atoms with van der Waals surface area (Å²) in [6.07, 6.45) is -2.24. The van der Waals surface area contributed by atoms with Gasteiger partial charge < -0.3 is 14.8 Å². The highest BCUT2D eigenvalue weighted by Crippen LogP contribution is 2.27. The smallest absolute Gasteiger partial charge is 0.408 e. The molecule has 1 aromatic heterocycles. The first-order valence-corrected chi connectivity index (χ1v) is 6.90. The van der Waals surface area contributed by atoms with Crippen molar-refractivity contribution in [3.05, 3.63) is 41.7 Å². The highest BCUT2D eigenvalue weighted by molar-refractivity contribution is 5.93. The van der Waals surface area contributed by atoms with Crippen LogP contribution in [0.3, 0.4) is 0 Å². The van der Waals surface area contributed by atoms with Crippen molar-refractivity contribution in [1.29, 1.82) is 0 Å². The Morgan fingerprint density at radius 1 is 1.25 bits per heavy atom. The molecule has 2 aromatic rings. The largest absolute Gasteiger partial charge is 0.493 e. The second-order valence-electron chi connectivity index (χ2n) is 4.91. The van der Waals surface area contributed by atoms with Crippen molar-refractivity contribution >= 4 is 5.91 Å². The molecule has 0 aliphatic rings. The Balaban J connectivity index is 1.98. The first kappa shape index (κ1) is 17.6. The molecule has 0 saturated heterocycles. The van der Waals surface area contributed by atoms with E-state index in [2.05, 4.69) is 10.4 Å². The van der Waals surface area contributed by atoms with Crippen LogP contribution in [-0.4, -0.2) is 36.1 Å². The zero-order valence-corrected chi connectivity index (χ0v) is 13.1. The van der Waals surface area contributed by atoms with Gasteiger partial charge in [-0.05, 0) is 17.7 Å². The van der Waals surface area contributed by atoms with Crippen LogP contribution in [0.1, 0.15) is 15.9 Å². The molecule has 0 unspecified atom stereocenters. The average Bonchev–Trinajstić information content (AvgIpc) is 2.98. The van der Waals surface area contributed by atoms with Crippen molar-refractivity contribution in [1.82, 2.24) is 15.1 Å². The van der Waals surface area contributed by atoms with E-state index in [9.17, 15) is 18.0 Å². The Bertz CT molecular complexity index is 713. The second kappa shape index (κ2) is 7.24. The summed E-state index contributed by atoms with van der Waals surface area (Å²) in [6.45, 7) is -1.06. The van der Waals surface area contributed by atoms with Crippen LogP contribution in [0.15, 0.2) is 30.6 Å². The molecule has 0 saturated carbocycles. The van der Waals surface area contributed by atoms with Gasteiger partial charge in [0.2, 0.25) is 0 Å². The van der Waals surface area contributed by atoms with E-state index >= 15 is 0 Å². The molecule has 130 valence electrons. The molecule has 1 aromatic carbocycles.